The molecule has 1 aliphatic rings. The van der Waals surface area contributed by atoms with Gasteiger partial charge in [-0.05, 0) is 24.6 Å². The van der Waals surface area contributed by atoms with Crippen molar-refractivity contribution in [2.45, 2.75) is 20.0 Å². The predicted molar refractivity (Wildman–Crippen MR) is 80.7 cm³/mol. The summed E-state index contributed by atoms with van der Waals surface area (Å²) in [6, 6.07) is 12.7. The van der Waals surface area contributed by atoms with Crippen LogP contribution in [-0.4, -0.2) is 25.2 Å². The zero-order chi connectivity index (χ0) is 13.6. The first-order valence-corrected chi connectivity index (χ1v) is 6.67. The fourth-order valence-electron chi connectivity index (χ4n) is 2.84. The van der Waals surface area contributed by atoms with E-state index in [2.05, 4.69) is 68.2 Å². The minimum atomic E-state index is 0.339. The SMILES string of the molecule is Cc1ccccc1N1c2ncccc2[N+](C)(C)C1C. The molecule has 1 aliphatic heterocycles. The second kappa shape index (κ2) is 4.07. The predicted octanol–water partition coefficient (Wildman–Crippen LogP) is 3.45. The number of pyridine rings is 1. The van der Waals surface area contributed by atoms with Gasteiger partial charge in [-0.3, -0.25) is 9.38 Å². The van der Waals surface area contributed by atoms with Gasteiger partial charge in [0.25, 0.3) is 0 Å². The van der Waals surface area contributed by atoms with E-state index < -0.39 is 0 Å². The number of rotatable bonds is 1. The molecule has 2 heterocycles. The van der Waals surface area contributed by atoms with Crippen molar-refractivity contribution in [3.05, 3.63) is 48.2 Å². The number of anilines is 2. The van der Waals surface area contributed by atoms with Gasteiger partial charge in [0, 0.05) is 19.2 Å². The van der Waals surface area contributed by atoms with Crippen LogP contribution in [0.15, 0.2) is 42.6 Å². The number of hydrogen-bond acceptors (Lipinski definition) is 2. The summed E-state index contributed by atoms with van der Waals surface area (Å²) in [6.45, 7) is 4.41. The van der Waals surface area contributed by atoms with Gasteiger partial charge in [-0.1, -0.05) is 18.2 Å². The van der Waals surface area contributed by atoms with Gasteiger partial charge in [0.05, 0.1) is 19.8 Å². The maximum atomic E-state index is 4.61. The lowest BCUT2D eigenvalue weighted by molar-refractivity contribution is 0.339. The third-order valence-corrected chi connectivity index (χ3v) is 4.30. The monoisotopic (exact) mass is 254 g/mol. The fraction of sp³-hybridized carbons (Fsp3) is 0.312. The van der Waals surface area contributed by atoms with Gasteiger partial charge in [0.1, 0.15) is 0 Å². The Morgan fingerprint density at radius 2 is 1.84 bits per heavy atom. The summed E-state index contributed by atoms with van der Waals surface area (Å²) < 4.78 is 0.831. The Hall–Kier alpha value is -1.87. The molecule has 3 nitrogen and oxygen atoms in total. The molecule has 1 unspecified atom stereocenters. The Morgan fingerprint density at radius 1 is 1.11 bits per heavy atom. The Kier molecular flexibility index (Phi) is 2.61. The highest BCUT2D eigenvalue weighted by Crippen LogP contribution is 2.45. The average molecular weight is 254 g/mol. The zero-order valence-corrected chi connectivity index (χ0v) is 12.0. The average Bonchev–Trinajstić information content (AvgIpc) is 2.60. The number of fused-ring (bicyclic) bond motifs is 1. The lowest BCUT2D eigenvalue weighted by atomic mass is 10.2. The lowest BCUT2D eigenvalue weighted by Gasteiger charge is -2.32. The summed E-state index contributed by atoms with van der Waals surface area (Å²) in [6.07, 6.45) is 2.22. The second-order valence-electron chi connectivity index (χ2n) is 5.67. The molecular formula is C16H20N3+. The van der Waals surface area contributed by atoms with E-state index in [0.717, 1.165) is 10.3 Å². The summed E-state index contributed by atoms with van der Waals surface area (Å²) in [5.74, 6) is 1.08. The first-order chi connectivity index (χ1) is 9.03. The second-order valence-corrected chi connectivity index (χ2v) is 5.67. The van der Waals surface area contributed by atoms with E-state index in [1.165, 1.54) is 16.9 Å². The van der Waals surface area contributed by atoms with E-state index in [9.17, 15) is 0 Å². The topological polar surface area (TPSA) is 16.1 Å². The van der Waals surface area contributed by atoms with Gasteiger partial charge in [0.15, 0.2) is 17.7 Å². The van der Waals surface area contributed by atoms with Crippen molar-refractivity contribution >= 4 is 17.2 Å². The molecule has 0 amide bonds. The van der Waals surface area contributed by atoms with Crippen molar-refractivity contribution in [2.24, 2.45) is 0 Å². The molecule has 98 valence electrons. The quantitative estimate of drug-likeness (QED) is 0.725. The van der Waals surface area contributed by atoms with Crippen LogP contribution in [0.1, 0.15) is 12.5 Å². The van der Waals surface area contributed by atoms with Crippen LogP contribution in [0.2, 0.25) is 0 Å². The number of aryl methyl sites for hydroxylation is 1. The highest BCUT2D eigenvalue weighted by atomic mass is 15.5. The van der Waals surface area contributed by atoms with Crippen molar-refractivity contribution in [3.63, 3.8) is 0 Å². The van der Waals surface area contributed by atoms with Gasteiger partial charge in [-0.2, -0.15) is 0 Å². The molecule has 0 bridgehead atoms. The van der Waals surface area contributed by atoms with Gasteiger partial charge in [-0.15, -0.1) is 0 Å². The Bertz CT molecular complexity index is 619. The van der Waals surface area contributed by atoms with E-state index >= 15 is 0 Å². The highest BCUT2D eigenvalue weighted by Gasteiger charge is 2.44. The fourth-order valence-corrected chi connectivity index (χ4v) is 2.84. The molecule has 0 fully saturated rings. The van der Waals surface area contributed by atoms with Crippen molar-refractivity contribution in [2.75, 3.05) is 19.0 Å². The van der Waals surface area contributed by atoms with Gasteiger partial charge < -0.3 is 0 Å². The maximum Gasteiger partial charge on any atom is 0.200 e. The minimum absolute atomic E-state index is 0.339. The van der Waals surface area contributed by atoms with E-state index in [1.807, 2.05) is 12.3 Å². The van der Waals surface area contributed by atoms with Crippen LogP contribution in [0, 0.1) is 6.92 Å². The van der Waals surface area contributed by atoms with E-state index in [4.69, 9.17) is 0 Å². The van der Waals surface area contributed by atoms with Crippen LogP contribution in [0.4, 0.5) is 17.2 Å². The van der Waals surface area contributed by atoms with Crippen molar-refractivity contribution < 1.29 is 0 Å². The number of nitrogens with zero attached hydrogens (tertiary/aromatic N) is 3. The number of quaternary nitrogens is 1. The molecule has 0 N–H and O–H groups in total. The van der Waals surface area contributed by atoms with Crippen molar-refractivity contribution in [3.8, 4) is 0 Å². The van der Waals surface area contributed by atoms with Crippen LogP contribution in [0.5, 0.6) is 0 Å². The largest absolute Gasteiger partial charge is 0.273 e. The lowest BCUT2D eigenvalue weighted by Crippen LogP contribution is -2.50. The zero-order valence-electron chi connectivity index (χ0n) is 12.0. The van der Waals surface area contributed by atoms with Gasteiger partial charge in [0.2, 0.25) is 0 Å². The van der Waals surface area contributed by atoms with E-state index in [-0.39, 0.29) is 0 Å². The van der Waals surface area contributed by atoms with E-state index in [1.54, 1.807) is 0 Å². The Labute approximate surface area is 114 Å². The number of aromatic nitrogens is 1. The van der Waals surface area contributed by atoms with Crippen LogP contribution < -0.4 is 9.38 Å². The molecule has 0 aliphatic carbocycles. The standard InChI is InChI=1S/C16H20N3/c1-12-8-5-6-9-14(12)18-13(2)19(3,4)15-10-7-11-17-16(15)18/h5-11,13H,1-4H3/q+1. The normalized spacial score (nSPS) is 20.4. The molecule has 0 spiro atoms. The number of hydrogen-bond donors (Lipinski definition) is 0. The van der Waals surface area contributed by atoms with Gasteiger partial charge >= 0.3 is 0 Å². The van der Waals surface area contributed by atoms with Crippen molar-refractivity contribution in [1.29, 1.82) is 0 Å². The molecule has 1 atom stereocenters. The molecule has 3 rings (SSSR count). The van der Waals surface area contributed by atoms with E-state index in [0.29, 0.717) is 6.17 Å². The summed E-state index contributed by atoms with van der Waals surface area (Å²) in [5, 5.41) is 0. The molecule has 19 heavy (non-hydrogen) atoms. The maximum absolute atomic E-state index is 4.61. The summed E-state index contributed by atoms with van der Waals surface area (Å²) in [4.78, 5) is 6.97. The highest BCUT2D eigenvalue weighted by molar-refractivity contribution is 5.79. The molecule has 1 aromatic heterocycles. The third-order valence-electron chi connectivity index (χ3n) is 4.30. The summed E-state index contributed by atoms with van der Waals surface area (Å²) in [5.41, 5.74) is 3.81. The first kappa shape index (κ1) is 12.2. The molecule has 1 aromatic carbocycles. The Morgan fingerprint density at radius 3 is 2.58 bits per heavy atom. The summed E-state index contributed by atoms with van der Waals surface area (Å²) in [7, 11) is 4.48. The smallest absolute Gasteiger partial charge is 0.200 e. The molecular weight excluding hydrogens is 234 g/mol. The minimum Gasteiger partial charge on any atom is -0.273 e. The van der Waals surface area contributed by atoms with Gasteiger partial charge in [-0.25, -0.2) is 4.98 Å². The van der Waals surface area contributed by atoms with Crippen LogP contribution in [0.3, 0.4) is 0 Å². The summed E-state index contributed by atoms with van der Waals surface area (Å²) >= 11 is 0. The van der Waals surface area contributed by atoms with Crippen LogP contribution in [0.25, 0.3) is 0 Å². The number of benzene rings is 1. The molecule has 2 aromatic rings. The molecule has 0 radical (unpaired) electrons. The van der Waals surface area contributed by atoms with Crippen LogP contribution >= 0.6 is 0 Å². The first-order valence-electron chi connectivity index (χ1n) is 6.67. The molecule has 0 saturated heterocycles. The Balaban J connectivity index is 2.21. The number of para-hydroxylation sites is 1. The van der Waals surface area contributed by atoms with Crippen LogP contribution in [-0.2, 0) is 0 Å². The molecule has 0 saturated carbocycles. The molecule has 3 heteroatoms. The third kappa shape index (κ3) is 1.65. The van der Waals surface area contributed by atoms with Crippen molar-refractivity contribution in [1.82, 2.24) is 9.47 Å².